The third-order valence-corrected chi connectivity index (χ3v) is 4.90. The van der Waals surface area contributed by atoms with Gasteiger partial charge in [0.2, 0.25) is 5.79 Å². The quantitative estimate of drug-likeness (QED) is 0.908. The van der Waals surface area contributed by atoms with Gasteiger partial charge in [-0.1, -0.05) is 24.6 Å². The summed E-state index contributed by atoms with van der Waals surface area (Å²) in [6.45, 7) is 0.0156. The van der Waals surface area contributed by atoms with E-state index in [9.17, 15) is 8.42 Å². The molecule has 128 valence electrons. The standard InChI is InChI=1S/C16H23NO5S/c17-23(18,19)20-11-8-14-12-13-6-2-3-7-15(13)22-16(21-14)9-4-1-5-10-16/h2-3,6-7,14H,1,4-5,8-12H2,(H2,17,18,19). The minimum atomic E-state index is -3.91. The largest absolute Gasteiger partial charge is 0.462 e. The van der Waals surface area contributed by atoms with Crippen LogP contribution in [0.15, 0.2) is 24.3 Å². The first-order valence-electron chi connectivity index (χ1n) is 8.08. The van der Waals surface area contributed by atoms with Gasteiger partial charge in [0.1, 0.15) is 5.75 Å². The van der Waals surface area contributed by atoms with E-state index in [-0.39, 0.29) is 12.7 Å². The molecule has 1 aromatic rings. The highest BCUT2D eigenvalue weighted by Crippen LogP contribution is 2.39. The fourth-order valence-electron chi connectivity index (χ4n) is 3.35. The molecule has 1 aliphatic carbocycles. The molecule has 1 spiro atoms. The first-order chi connectivity index (χ1) is 11.0. The van der Waals surface area contributed by atoms with E-state index in [1.165, 1.54) is 6.42 Å². The molecule has 0 saturated heterocycles. The summed E-state index contributed by atoms with van der Waals surface area (Å²) in [5.74, 6) is 0.265. The summed E-state index contributed by atoms with van der Waals surface area (Å²) in [7, 11) is -3.91. The van der Waals surface area contributed by atoms with Gasteiger partial charge >= 0.3 is 10.3 Å². The maximum Gasteiger partial charge on any atom is 0.333 e. The van der Waals surface area contributed by atoms with Crippen molar-refractivity contribution in [3.63, 3.8) is 0 Å². The van der Waals surface area contributed by atoms with Crippen LogP contribution in [0.25, 0.3) is 0 Å². The SMILES string of the molecule is NS(=O)(=O)OCCC1Cc2ccccc2OC2(CCCCC2)O1. The van der Waals surface area contributed by atoms with E-state index >= 15 is 0 Å². The van der Waals surface area contributed by atoms with E-state index in [0.717, 1.165) is 37.0 Å². The lowest BCUT2D eigenvalue weighted by Gasteiger charge is -2.38. The van der Waals surface area contributed by atoms with Crippen LogP contribution in [0.2, 0.25) is 0 Å². The Kier molecular flexibility index (Phi) is 4.91. The molecule has 0 amide bonds. The van der Waals surface area contributed by atoms with Gasteiger partial charge in [0.25, 0.3) is 0 Å². The molecule has 1 unspecified atom stereocenters. The van der Waals surface area contributed by atoms with Crippen LogP contribution in [-0.4, -0.2) is 26.9 Å². The Morgan fingerprint density at radius 3 is 2.70 bits per heavy atom. The number of hydrogen-bond donors (Lipinski definition) is 1. The molecule has 0 bridgehead atoms. The van der Waals surface area contributed by atoms with Crippen LogP contribution in [0.5, 0.6) is 5.75 Å². The van der Waals surface area contributed by atoms with E-state index in [0.29, 0.717) is 12.8 Å². The maximum absolute atomic E-state index is 10.9. The second-order valence-electron chi connectivity index (χ2n) is 6.23. The normalized spacial score (nSPS) is 23.8. The molecule has 1 fully saturated rings. The smallest absolute Gasteiger partial charge is 0.333 e. The number of nitrogens with two attached hydrogens (primary N) is 1. The van der Waals surface area contributed by atoms with Crippen molar-refractivity contribution in [1.29, 1.82) is 0 Å². The van der Waals surface area contributed by atoms with Gasteiger partial charge in [-0.3, -0.25) is 4.18 Å². The van der Waals surface area contributed by atoms with E-state index in [4.69, 9.17) is 14.6 Å². The van der Waals surface area contributed by atoms with Crippen LogP contribution in [0.4, 0.5) is 0 Å². The average molecular weight is 341 g/mol. The molecule has 23 heavy (non-hydrogen) atoms. The molecule has 0 aromatic heterocycles. The number of rotatable bonds is 4. The van der Waals surface area contributed by atoms with Gasteiger partial charge < -0.3 is 9.47 Å². The lowest BCUT2D eigenvalue weighted by molar-refractivity contribution is -0.223. The van der Waals surface area contributed by atoms with Crippen molar-refractivity contribution in [3.8, 4) is 5.75 Å². The molecule has 7 heteroatoms. The van der Waals surface area contributed by atoms with Crippen LogP contribution in [0.1, 0.15) is 44.1 Å². The summed E-state index contributed by atoms with van der Waals surface area (Å²) in [4.78, 5) is 0. The maximum atomic E-state index is 10.9. The zero-order valence-corrected chi connectivity index (χ0v) is 13.9. The number of benzene rings is 1. The van der Waals surface area contributed by atoms with Gasteiger partial charge in [0.15, 0.2) is 0 Å². The van der Waals surface area contributed by atoms with E-state index in [1.54, 1.807) is 0 Å². The van der Waals surface area contributed by atoms with Gasteiger partial charge in [0.05, 0.1) is 12.7 Å². The van der Waals surface area contributed by atoms with Crippen molar-refractivity contribution in [3.05, 3.63) is 29.8 Å². The van der Waals surface area contributed by atoms with Crippen molar-refractivity contribution < 1.29 is 22.1 Å². The highest BCUT2D eigenvalue weighted by molar-refractivity contribution is 7.84. The van der Waals surface area contributed by atoms with Gasteiger partial charge in [-0.25, -0.2) is 5.14 Å². The second-order valence-corrected chi connectivity index (χ2v) is 7.45. The third-order valence-electron chi connectivity index (χ3n) is 4.40. The number of para-hydroxylation sites is 1. The summed E-state index contributed by atoms with van der Waals surface area (Å²) >= 11 is 0. The Balaban J connectivity index is 1.77. The van der Waals surface area contributed by atoms with E-state index < -0.39 is 16.1 Å². The lowest BCUT2D eigenvalue weighted by atomic mass is 9.93. The fraction of sp³-hybridized carbons (Fsp3) is 0.625. The van der Waals surface area contributed by atoms with Crippen LogP contribution < -0.4 is 9.88 Å². The zero-order valence-electron chi connectivity index (χ0n) is 13.1. The molecular weight excluding hydrogens is 318 g/mol. The van der Waals surface area contributed by atoms with E-state index in [1.807, 2.05) is 24.3 Å². The summed E-state index contributed by atoms with van der Waals surface area (Å²) in [6.07, 6.45) is 6.02. The second kappa shape index (κ2) is 6.76. The third kappa shape index (κ3) is 4.44. The van der Waals surface area contributed by atoms with Gasteiger partial charge in [-0.15, -0.1) is 0 Å². The Hall–Kier alpha value is -1.15. The Labute approximate surface area is 137 Å². The molecular formula is C16H23NO5S. The first kappa shape index (κ1) is 16.7. The molecule has 2 N–H and O–H groups in total. The predicted molar refractivity (Wildman–Crippen MR) is 85.1 cm³/mol. The van der Waals surface area contributed by atoms with Crippen molar-refractivity contribution in [2.45, 2.75) is 56.8 Å². The van der Waals surface area contributed by atoms with Crippen LogP contribution in [-0.2, 0) is 25.6 Å². The predicted octanol–water partition coefficient (Wildman–Crippen LogP) is 2.28. The minimum absolute atomic E-state index is 0.0156. The number of ether oxygens (including phenoxy) is 2. The van der Waals surface area contributed by atoms with Crippen LogP contribution in [0.3, 0.4) is 0 Å². The van der Waals surface area contributed by atoms with Gasteiger partial charge in [-0.2, -0.15) is 8.42 Å². The van der Waals surface area contributed by atoms with Gasteiger partial charge in [0, 0.05) is 19.3 Å². The topological polar surface area (TPSA) is 87.9 Å². The molecule has 2 aliphatic rings. The number of fused-ring (bicyclic) bond motifs is 1. The van der Waals surface area contributed by atoms with E-state index in [2.05, 4.69) is 4.18 Å². The Morgan fingerprint density at radius 2 is 1.96 bits per heavy atom. The fourth-order valence-corrected chi connectivity index (χ4v) is 3.68. The van der Waals surface area contributed by atoms with Crippen LogP contribution >= 0.6 is 0 Å². The van der Waals surface area contributed by atoms with Crippen LogP contribution in [0, 0.1) is 0 Å². The Bertz CT molecular complexity index is 640. The van der Waals surface area contributed by atoms with Crippen molar-refractivity contribution >= 4 is 10.3 Å². The molecule has 3 rings (SSSR count). The monoisotopic (exact) mass is 341 g/mol. The summed E-state index contributed by atoms with van der Waals surface area (Å²) < 4.78 is 39.1. The molecule has 1 heterocycles. The lowest BCUT2D eigenvalue weighted by Crippen LogP contribution is -2.43. The summed E-state index contributed by atoms with van der Waals surface area (Å²) in [5, 5.41) is 4.88. The molecule has 0 radical (unpaired) electrons. The molecule has 1 atom stereocenters. The highest BCUT2D eigenvalue weighted by Gasteiger charge is 2.40. The van der Waals surface area contributed by atoms with Crippen molar-refractivity contribution in [1.82, 2.24) is 0 Å². The first-order valence-corrected chi connectivity index (χ1v) is 9.55. The summed E-state index contributed by atoms with van der Waals surface area (Å²) in [5.41, 5.74) is 1.08. The highest BCUT2D eigenvalue weighted by atomic mass is 32.2. The molecule has 6 nitrogen and oxygen atoms in total. The molecule has 1 saturated carbocycles. The average Bonchev–Trinajstić information content (AvgIpc) is 2.62. The van der Waals surface area contributed by atoms with Crippen molar-refractivity contribution in [2.75, 3.05) is 6.61 Å². The molecule has 1 aromatic carbocycles. The summed E-state index contributed by atoms with van der Waals surface area (Å²) in [6, 6.07) is 7.92. The number of hydrogen-bond acceptors (Lipinski definition) is 5. The minimum Gasteiger partial charge on any atom is -0.462 e. The van der Waals surface area contributed by atoms with Crippen molar-refractivity contribution in [2.24, 2.45) is 5.14 Å². The Morgan fingerprint density at radius 1 is 1.22 bits per heavy atom. The zero-order chi connectivity index (χ0) is 16.3. The molecule has 1 aliphatic heterocycles. The van der Waals surface area contributed by atoms with Gasteiger partial charge in [-0.05, 0) is 30.9 Å².